The molecule has 98 valence electrons. The van der Waals surface area contributed by atoms with Crippen LogP contribution in [0, 0.1) is 0 Å². The van der Waals surface area contributed by atoms with Gasteiger partial charge in [0.1, 0.15) is 5.75 Å². The molecule has 0 fully saturated rings. The van der Waals surface area contributed by atoms with E-state index in [0.717, 1.165) is 0 Å². The molecule has 0 heterocycles. The van der Waals surface area contributed by atoms with Gasteiger partial charge in [0.25, 0.3) is 0 Å². The van der Waals surface area contributed by atoms with Crippen molar-refractivity contribution in [2.75, 3.05) is 21.2 Å². The van der Waals surface area contributed by atoms with Gasteiger partial charge < -0.3 is 20.1 Å². The molecule has 1 rings (SSSR count). The van der Waals surface area contributed by atoms with Gasteiger partial charge in [-0.15, -0.1) is 0 Å². The van der Waals surface area contributed by atoms with E-state index in [4.69, 9.17) is 9.84 Å². The van der Waals surface area contributed by atoms with Crippen LogP contribution in [0.2, 0.25) is 0 Å². The summed E-state index contributed by atoms with van der Waals surface area (Å²) in [6.07, 6.45) is 0. The smallest absolute Gasteiger partial charge is 0.330 e. The van der Waals surface area contributed by atoms with E-state index in [2.05, 4.69) is 5.32 Å². The number of carbonyl (C=O) groups excluding carboxylic acids is 1. The second-order valence-electron chi connectivity index (χ2n) is 3.89. The normalized spacial score (nSPS) is 11.5. The van der Waals surface area contributed by atoms with Crippen LogP contribution in [0.1, 0.15) is 11.6 Å². The Bertz CT molecular complexity index is 445. The van der Waals surface area contributed by atoms with Crippen LogP contribution in [-0.2, 0) is 4.79 Å². The summed E-state index contributed by atoms with van der Waals surface area (Å²) in [5, 5.41) is 11.6. The Kier molecular flexibility index (Phi) is 4.53. The molecule has 0 bridgehead atoms. The second kappa shape index (κ2) is 5.90. The summed E-state index contributed by atoms with van der Waals surface area (Å²) >= 11 is 0. The highest BCUT2D eigenvalue weighted by atomic mass is 16.5. The first-order valence-corrected chi connectivity index (χ1v) is 5.30. The first kappa shape index (κ1) is 13.8. The SMILES string of the molecule is COc1cccc(C(NC(=O)N(C)C)C(=O)O)c1. The van der Waals surface area contributed by atoms with Crippen LogP contribution in [0.5, 0.6) is 5.75 Å². The minimum absolute atomic E-state index is 0.456. The number of rotatable bonds is 4. The molecular formula is C12H16N2O4. The van der Waals surface area contributed by atoms with E-state index in [9.17, 15) is 9.59 Å². The zero-order valence-corrected chi connectivity index (χ0v) is 10.5. The van der Waals surface area contributed by atoms with E-state index in [-0.39, 0.29) is 0 Å². The second-order valence-corrected chi connectivity index (χ2v) is 3.89. The fraction of sp³-hybridized carbons (Fsp3) is 0.333. The molecule has 0 saturated carbocycles. The summed E-state index contributed by atoms with van der Waals surface area (Å²) in [5.74, 6) is -0.587. The molecule has 1 aromatic carbocycles. The molecule has 2 N–H and O–H groups in total. The minimum Gasteiger partial charge on any atom is -0.497 e. The van der Waals surface area contributed by atoms with Gasteiger partial charge in [-0.3, -0.25) is 0 Å². The van der Waals surface area contributed by atoms with Crippen molar-refractivity contribution in [2.24, 2.45) is 0 Å². The summed E-state index contributed by atoms with van der Waals surface area (Å²) in [6.45, 7) is 0. The van der Waals surface area contributed by atoms with E-state index < -0.39 is 18.0 Å². The van der Waals surface area contributed by atoms with Crippen molar-refractivity contribution in [2.45, 2.75) is 6.04 Å². The number of urea groups is 1. The standard InChI is InChI=1S/C12H16N2O4/c1-14(2)12(17)13-10(11(15)16)8-5-4-6-9(7-8)18-3/h4-7,10H,1-3H3,(H,13,17)(H,15,16). The number of nitrogens with one attached hydrogen (secondary N) is 1. The molecule has 18 heavy (non-hydrogen) atoms. The van der Waals surface area contributed by atoms with Crippen molar-refractivity contribution in [3.05, 3.63) is 29.8 Å². The fourth-order valence-corrected chi connectivity index (χ4v) is 1.36. The summed E-state index contributed by atoms with van der Waals surface area (Å²) in [6, 6.07) is 5.01. The molecule has 6 nitrogen and oxygen atoms in total. The van der Waals surface area contributed by atoms with Crippen molar-refractivity contribution in [1.82, 2.24) is 10.2 Å². The molecule has 1 unspecified atom stereocenters. The third-order valence-electron chi connectivity index (χ3n) is 2.35. The maximum atomic E-state index is 11.5. The zero-order valence-electron chi connectivity index (χ0n) is 10.5. The molecule has 0 aliphatic heterocycles. The van der Waals surface area contributed by atoms with Gasteiger partial charge in [0, 0.05) is 14.1 Å². The van der Waals surface area contributed by atoms with E-state index in [1.54, 1.807) is 38.4 Å². The zero-order chi connectivity index (χ0) is 13.7. The molecule has 0 aliphatic rings. The van der Waals surface area contributed by atoms with Crippen molar-refractivity contribution < 1.29 is 19.4 Å². The number of amides is 2. The summed E-state index contributed by atoms with van der Waals surface area (Å²) in [7, 11) is 4.58. The molecule has 0 radical (unpaired) electrons. The predicted molar refractivity (Wildman–Crippen MR) is 65.6 cm³/mol. The lowest BCUT2D eigenvalue weighted by Gasteiger charge is -2.18. The van der Waals surface area contributed by atoms with Crippen LogP contribution >= 0.6 is 0 Å². The molecular weight excluding hydrogens is 236 g/mol. The maximum Gasteiger partial charge on any atom is 0.330 e. The third kappa shape index (κ3) is 3.38. The lowest BCUT2D eigenvalue weighted by molar-refractivity contribution is -0.139. The Labute approximate surface area is 105 Å². The molecule has 0 saturated heterocycles. The Morgan fingerprint density at radius 1 is 1.39 bits per heavy atom. The van der Waals surface area contributed by atoms with Crippen LogP contribution in [0.4, 0.5) is 4.79 Å². The van der Waals surface area contributed by atoms with Crippen molar-refractivity contribution in [3.63, 3.8) is 0 Å². The quantitative estimate of drug-likeness (QED) is 0.840. The summed E-state index contributed by atoms with van der Waals surface area (Å²) in [4.78, 5) is 24.0. The van der Waals surface area contributed by atoms with Crippen LogP contribution in [-0.4, -0.2) is 43.2 Å². The van der Waals surface area contributed by atoms with Gasteiger partial charge in [-0.05, 0) is 17.7 Å². The number of carboxylic acid groups (broad SMARTS) is 1. The van der Waals surface area contributed by atoms with Gasteiger partial charge in [-0.2, -0.15) is 0 Å². The number of nitrogens with zero attached hydrogens (tertiary/aromatic N) is 1. The minimum atomic E-state index is -1.13. The van der Waals surface area contributed by atoms with Crippen LogP contribution in [0.15, 0.2) is 24.3 Å². The first-order valence-electron chi connectivity index (χ1n) is 5.30. The number of hydrogen-bond acceptors (Lipinski definition) is 3. The highest BCUT2D eigenvalue weighted by Crippen LogP contribution is 2.19. The number of carboxylic acids is 1. The van der Waals surface area contributed by atoms with E-state index in [0.29, 0.717) is 11.3 Å². The van der Waals surface area contributed by atoms with Gasteiger partial charge in [0.05, 0.1) is 7.11 Å². The van der Waals surface area contributed by atoms with E-state index in [1.165, 1.54) is 12.0 Å². The Balaban J connectivity index is 2.97. The van der Waals surface area contributed by atoms with Crippen molar-refractivity contribution in [1.29, 1.82) is 0 Å². The lowest BCUT2D eigenvalue weighted by Crippen LogP contribution is -2.40. The van der Waals surface area contributed by atoms with Gasteiger partial charge in [-0.25, -0.2) is 9.59 Å². The van der Waals surface area contributed by atoms with E-state index >= 15 is 0 Å². The van der Waals surface area contributed by atoms with E-state index in [1.807, 2.05) is 0 Å². The monoisotopic (exact) mass is 252 g/mol. The average Bonchev–Trinajstić information content (AvgIpc) is 2.35. The number of methoxy groups -OCH3 is 1. The van der Waals surface area contributed by atoms with Crippen molar-refractivity contribution in [3.8, 4) is 5.75 Å². The largest absolute Gasteiger partial charge is 0.497 e. The van der Waals surface area contributed by atoms with Crippen molar-refractivity contribution >= 4 is 12.0 Å². The molecule has 0 aliphatic carbocycles. The Morgan fingerprint density at radius 3 is 2.56 bits per heavy atom. The highest BCUT2D eigenvalue weighted by molar-refractivity contribution is 5.83. The molecule has 0 aromatic heterocycles. The molecule has 0 spiro atoms. The Hall–Kier alpha value is -2.24. The van der Waals surface area contributed by atoms with Gasteiger partial charge in [-0.1, -0.05) is 12.1 Å². The fourth-order valence-electron chi connectivity index (χ4n) is 1.36. The topological polar surface area (TPSA) is 78.9 Å². The number of benzene rings is 1. The predicted octanol–water partition coefficient (Wildman–Crippen LogP) is 1.09. The molecule has 6 heteroatoms. The van der Waals surface area contributed by atoms with Gasteiger partial charge in [0.15, 0.2) is 6.04 Å². The molecule has 1 atom stereocenters. The number of hydrogen-bond donors (Lipinski definition) is 2. The maximum absolute atomic E-state index is 11.5. The number of aliphatic carboxylic acids is 1. The van der Waals surface area contributed by atoms with Gasteiger partial charge in [0.2, 0.25) is 0 Å². The van der Waals surface area contributed by atoms with Crippen LogP contribution < -0.4 is 10.1 Å². The Morgan fingerprint density at radius 2 is 2.06 bits per heavy atom. The van der Waals surface area contributed by atoms with Crippen LogP contribution in [0.3, 0.4) is 0 Å². The molecule has 1 aromatic rings. The molecule has 2 amide bonds. The number of ether oxygens (including phenoxy) is 1. The third-order valence-corrected chi connectivity index (χ3v) is 2.35. The summed E-state index contributed by atoms with van der Waals surface area (Å²) in [5.41, 5.74) is 0.456. The average molecular weight is 252 g/mol. The first-order chi connectivity index (χ1) is 8.45. The van der Waals surface area contributed by atoms with Crippen LogP contribution in [0.25, 0.3) is 0 Å². The van der Waals surface area contributed by atoms with Gasteiger partial charge >= 0.3 is 12.0 Å². The number of carbonyl (C=O) groups is 2. The summed E-state index contributed by atoms with van der Waals surface area (Å²) < 4.78 is 5.02. The lowest BCUT2D eigenvalue weighted by atomic mass is 10.1. The highest BCUT2D eigenvalue weighted by Gasteiger charge is 2.23.